The SMILES string of the molecule is CCNC(C#N)COc1ccc(OC)cc1[N+](=O)[O-]. The van der Waals surface area contributed by atoms with Crippen LogP contribution in [-0.4, -0.2) is 31.2 Å². The minimum atomic E-state index is -0.549. The minimum absolute atomic E-state index is 0.0392. The number of ether oxygens (including phenoxy) is 2. The number of methoxy groups -OCH3 is 1. The van der Waals surface area contributed by atoms with Crippen LogP contribution in [0, 0.1) is 21.4 Å². The van der Waals surface area contributed by atoms with Crippen LogP contribution in [0.5, 0.6) is 11.5 Å². The number of nitriles is 1. The lowest BCUT2D eigenvalue weighted by molar-refractivity contribution is -0.385. The van der Waals surface area contributed by atoms with Crippen molar-refractivity contribution in [3.05, 3.63) is 28.3 Å². The Bertz CT molecular complexity index is 484. The molecule has 0 radical (unpaired) electrons. The highest BCUT2D eigenvalue weighted by Gasteiger charge is 2.18. The molecule has 19 heavy (non-hydrogen) atoms. The molecule has 7 nitrogen and oxygen atoms in total. The van der Waals surface area contributed by atoms with E-state index in [1.54, 1.807) is 6.07 Å². The molecular formula is C12H15N3O4. The molecule has 0 heterocycles. The standard InChI is InChI=1S/C12H15N3O4/c1-3-14-9(7-13)8-19-12-5-4-10(18-2)6-11(12)15(16)17/h4-6,9,14H,3,8H2,1-2H3. The molecule has 1 atom stereocenters. The van der Waals surface area contributed by atoms with Gasteiger partial charge < -0.3 is 9.47 Å². The van der Waals surface area contributed by atoms with E-state index in [1.807, 2.05) is 13.0 Å². The summed E-state index contributed by atoms with van der Waals surface area (Å²) in [5.74, 6) is 0.492. The predicted octanol–water partition coefficient (Wildman–Crippen LogP) is 1.48. The molecule has 0 saturated heterocycles. The maximum absolute atomic E-state index is 10.9. The molecule has 0 spiro atoms. The third kappa shape index (κ3) is 4.12. The van der Waals surface area contributed by atoms with Crippen LogP contribution >= 0.6 is 0 Å². The van der Waals surface area contributed by atoms with E-state index in [-0.39, 0.29) is 18.0 Å². The Morgan fingerprint density at radius 3 is 2.84 bits per heavy atom. The van der Waals surface area contributed by atoms with Gasteiger partial charge in [-0.1, -0.05) is 6.92 Å². The van der Waals surface area contributed by atoms with Crippen molar-refractivity contribution in [2.75, 3.05) is 20.3 Å². The molecule has 0 aromatic heterocycles. The van der Waals surface area contributed by atoms with Crippen molar-refractivity contribution in [3.63, 3.8) is 0 Å². The molecule has 0 aliphatic carbocycles. The van der Waals surface area contributed by atoms with Gasteiger partial charge in [0, 0.05) is 0 Å². The second-order valence-electron chi connectivity index (χ2n) is 3.64. The Morgan fingerprint density at radius 2 is 2.32 bits per heavy atom. The van der Waals surface area contributed by atoms with Gasteiger partial charge in [-0.2, -0.15) is 5.26 Å². The van der Waals surface area contributed by atoms with Gasteiger partial charge >= 0.3 is 5.69 Å². The van der Waals surface area contributed by atoms with Crippen molar-refractivity contribution in [3.8, 4) is 17.6 Å². The Kier molecular flexibility index (Phi) is 5.57. The van der Waals surface area contributed by atoms with Crippen LogP contribution in [-0.2, 0) is 0 Å². The predicted molar refractivity (Wildman–Crippen MR) is 68.2 cm³/mol. The van der Waals surface area contributed by atoms with Crippen molar-refractivity contribution in [2.45, 2.75) is 13.0 Å². The fourth-order valence-electron chi connectivity index (χ4n) is 1.45. The first-order valence-electron chi connectivity index (χ1n) is 5.70. The van der Waals surface area contributed by atoms with Gasteiger partial charge in [0.1, 0.15) is 18.4 Å². The van der Waals surface area contributed by atoms with Crippen LogP contribution < -0.4 is 14.8 Å². The molecule has 0 amide bonds. The molecule has 0 aliphatic heterocycles. The lowest BCUT2D eigenvalue weighted by Crippen LogP contribution is -2.33. The van der Waals surface area contributed by atoms with E-state index >= 15 is 0 Å². The quantitative estimate of drug-likeness (QED) is 0.592. The maximum Gasteiger partial charge on any atom is 0.314 e. The topological polar surface area (TPSA) is 97.4 Å². The molecule has 1 aromatic rings. The van der Waals surface area contributed by atoms with Crippen LogP contribution in [0.15, 0.2) is 18.2 Å². The van der Waals surface area contributed by atoms with E-state index in [9.17, 15) is 10.1 Å². The number of benzene rings is 1. The fraction of sp³-hybridized carbons (Fsp3) is 0.417. The summed E-state index contributed by atoms with van der Waals surface area (Å²) in [6.45, 7) is 2.52. The van der Waals surface area contributed by atoms with E-state index in [4.69, 9.17) is 14.7 Å². The number of nitrogens with one attached hydrogen (secondary N) is 1. The van der Waals surface area contributed by atoms with Gasteiger partial charge in [0.15, 0.2) is 5.75 Å². The van der Waals surface area contributed by atoms with Gasteiger partial charge in [-0.15, -0.1) is 0 Å². The maximum atomic E-state index is 10.9. The summed E-state index contributed by atoms with van der Waals surface area (Å²) >= 11 is 0. The van der Waals surface area contributed by atoms with Gasteiger partial charge in [0.05, 0.1) is 24.2 Å². The summed E-state index contributed by atoms with van der Waals surface area (Å²) in [6.07, 6.45) is 0. The Hall–Kier alpha value is -2.33. The van der Waals surface area contributed by atoms with Crippen LogP contribution in [0.2, 0.25) is 0 Å². The molecule has 1 aromatic carbocycles. The number of nitro groups is 1. The van der Waals surface area contributed by atoms with Gasteiger partial charge in [-0.25, -0.2) is 0 Å². The van der Waals surface area contributed by atoms with Crippen molar-refractivity contribution in [1.82, 2.24) is 5.32 Å². The van der Waals surface area contributed by atoms with Crippen molar-refractivity contribution in [2.24, 2.45) is 0 Å². The smallest absolute Gasteiger partial charge is 0.314 e. The summed E-state index contributed by atoms with van der Waals surface area (Å²) in [6, 6.07) is 5.81. The zero-order chi connectivity index (χ0) is 14.3. The first-order valence-corrected chi connectivity index (χ1v) is 5.70. The fourth-order valence-corrected chi connectivity index (χ4v) is 1.45. The van der Waals surface area contributed by atoms with E-state index < -0.39 is 11.0 Å². The molecule has 0 aliphatic rings. The molecule has 7 heteroatoms. The highest BCUT2D eigenvalue weighted by Crippen LogP contribution is 2.30. The van der Waals surface area contributed by atoms with Gasteiger partial charge in [0.25, 0.3) is 0 Å². The third-order valence-corrected chi connectivity index (χ3v) is 2.37. The van der Waals surface area contributed by atoms with Crippen LogP contribution in [0.4, 0.5) is 5.69 Å². The van der Waals surface area contributed by atoms with Crippen molar-refractivity contribution < 1.29 is 14.4 Å². The third-order valence-electron chi connectivity index (χ3n) is 2.37. The second-order valence-corrected chi connectivity index (χ2v) is 3.64. The minimum Gasteiger partial charge on any atom is -0.496 e. The number of likely N-dealkylation sites (N-methyl/N-ethyl adjacent to an activating group) is 1. The molecule has 1 N–H and O–H groups in total. The summed E-state index contributed by atoms with van der Waals surface area (Å²) < 4.78 is 10.2. The first kappa shape index (κ1) is 14.7. The number of hydrogen-bond donors (Lipinski definition) is 1. The summed E-state index contributed by atoms with van der Waals surface area (Å²) in [4.78, 5) is 10.4. The average Bonchev–Trinajstić information content (AvgIpc) is 2.43. The number of hydrogen-bond acceptors (Lipinski definition) is 6. The van der Waals surface area contributed by atoms with E-state index in [2.05, 4.69) is 5.32 Å². The molecule has 102 valence electrons. The van der Waals surface area contributed by atoms with Gasteiger partial charge in [0.2, 0.25) is 0 Å². The molecule has 0 saturated carbocycles. The number of nitrogens with zero attached hydrogens (tertiary/aromatic N) is 2. The zero-order valence-electron chi connectivity index (χ0n) is 10.8. The average molecular weight is 265 g/mol. The van der Waals surface area contributed by atoms with Gasteiger partial charge in [-0.05, 0) is 18.7 Å². The molecular weight excluding hydrogens is 250 g/mol. The lowest BCUT2D eigenvalue weighted by Gasteiger charge is -2.12. The molecule has 0 bridgehead atoms. The molecule has 0 fully saturated rings. The first-order chi connectivity index (χ1) is 9.12. The second kappa shape index (κ2) is 7.18. The molecule has 1 rings (SSSR count). The van der Waals surface area contributed by atoms with Crippen LogP contribution in [0.25, 0.3) is 0 Å². The zero-order valence-corrected chi connectivity index (χ0v) is 10.8. The van der Waals surface area contributed by atoms with Gasteiger partial charge in [-0.3, -0.25) is 15.4 Å². The van der Waals surface area contributed by atoms with E-state index in [0.29, 0.717) is 12.3 Å². The normalized spacial score (nSPS) is 11.4. The van der Waals surface area contributed by atoms with Crippen molar-refractivity contribution >= 4 is 5.69 Å². The van der Waals surface area contributed by atoms with E-state index in [0.717, 1.165) is 0 Å². The van der Waals surface area contributed by atoms with Crippen LogP contribution in [0.3, 0.4) is 0 Å². The highest BCUT2D eigenvalue weighted by molar-refractivity contribution is 5.50. The van der Waals surface area contributed by atoms with E-state index in [1.165, 1.54) is 19.2 Å². The number of nitro benzene ring substituents is 1. The Morgan fingerprint density at radius 1 is 1.58 bits per heavy atom. The summed E-state index contributed by atoms with van der Waals surface area (Å²) in [7, 11) is 1.43. The lowest BCUT2D eigenvalue weighted by atomic mass is 10.2. The Balaban J connectivity index is 2.83. The molecule has 1 unspecified atom stereocenters. The van der Waals surface area contributed by atoms with Crippen LogP contribution in [0.1, 0.15) is 6.92 Å². The monoisotopic (exact) mass is 265 g/mol. The highest BCUT2D eigenvalue weighted by atomic mass is 16.6. The van der Waals surface area contributed by atoms with Crippen molar-refractivity contribution in [1.29, 1.82) is 5.26 Å². The number of rotatable bonds is 7. The Labute approximate surface area is 110 Å². The summed E-state index contributed by atoms with van der Waals surface area (Å²) in [5, 5.41) is 22.7. The largest absolute Gasteiger partial charge is 0.496 e. The summed E-state index contributed by atoms with van der Waals surface area (Å²) in [5.41, 5.74) is -0.187.